The molecule has 0 radical (unpaired) electrons. The quantitative estimate of drug-likeness (QED) is 0.185. The Balaban J connectivity index is 2.02. The summed E-state index contributed by atoms with van der Waals surface area (Å²) in [6.07, 6.45) is 5.20. The van der Waals surface area contributed by atoms with Crippen molar-refractivity contribution in [2.24, 2.45) is 5.10 Å². The summed E-state index contributed by atoms with van der Waals surface area (Å²) in [7, 11) is 3.27. The number of hydrazone groups is 1. The number of hydrogen-bond donors (Lipinski definition) is 1. The molecule has 0 unspecified atom stereocenters. The van der Waals surface area contributed by atoms with Crippen LogP contribution in [0, 0.1) is 0 Å². The summed E-state index contributed by atoms with van der Waals surface area (Å²) in [5.74, 6) is 0.225. The van der Waals surface area contributed by atoms with E-state index in [2.05, 4.69) is 17.3 Å². The summed E-state index contributed by atoms with van der Waals surface area (Å²) >= 11 is 5.27. The van der Waals surface area contributed by atoms with E-state index < -0.39 is 5.97 Å². The zero-order chi connectivity index (χ0) is 19.6. The van der Waals surface area contributed by atoms with Crippen molar-refractivity contribution in [3.63, 3.8) is 0 Å². The Kier molecular flexibility index (Phi) is 7.81. The molecule has 0 spiro atoms. The molecule has 0 atom stereocenters. The maximum atomic E-state index is 12.0. The van der Waals surface area contributed by atoms with E-state index in [1.54, 1.807) is 42.5 Å². The van der Waals surface area contributed by atoms with E-state index in [9.17, 15) is 4.79 Å². The molecule has 1 aromatic heterocycles. The Hall–Kier alpha value is -2.87. The van der Waals surface area contributed by atoms with Crippen molar-refractivity contribution >= 4 is 29.5 Å². The molecule has 7 nitrogen and oxygen atoms in total. The van der Waals surface area contributed by atoms with Crippen LogP contribution in [0.2, 0.25) is 0 Å². The van der Waals surface area contributed by atoms with Gasteiger partial charge in [0.05, 0.1) is 19.6 Å². The van der Waals surface area contributed by atoms with Crippen LogP contribution in [0.25, 0.3) is 0 Å². The maximum absolute atomic E-state index is 12.0. The fourth-order valence-corrected chi connectivity index (χ4v) is 2.24. The van der Waals surface area contributed by atoms with Crippen molar-refractivity contribution in [3.8, 4) is 11.5 Å². The normalized spacial score (nSPS) is 10.6. The minimum Gasteiger partial charge on any atom is -0.493 e. The van der Waals surface area contributed by atoms with Crippen molar-refractivity contribution in [1.29, 1.82) is 0 Å². The van der Waals surface area contributed by atoms with Crippen LogP contribution in [0.1, 0.15) is 35.9 Å². The number of hydrogen-bond acceptors (Lipinski definition) is 6. The Morgan fingerprint density at radius 2 is 2.19 bits per heavy atom. The van der Waals surface area contributed by atoms with Crippen molar-refractivity contribution in [2.45, 2.75) is 19.8 Å². The van der Waals surface area contributed by atoms with Gasteiger partial charge in [-0.1, -0.05) is 13.3 Å². The van der Waals surface area contributed by atoms with E-state index in [0.29, 0.717) is 16.6 Å². The molecule has 144 valence electrons. The van der Waals surface area contributed by atoms with E-state index in [4.69, 9.17) is 26.1 Å². The molecule has 0 aliphatic carbocycles. The van der Waals surface area contributed by atoms with Gasteiger partial charge < -0.3 is 19.2 Å². The molecule has 0 amide bonds. The second-order valence-electron chi connectivity index (χ2n) is 5.63. The number of furan rings is 1. The van der Waals surface area contributed by atoms with Crippen LogP contribution < -0.4 is 14.8 Å². The smallest absolute Gasteiger partial charge is 0.379 e. The van der Waals surface area contributed by atoms with Gasteiger partial charge in [-0.3, -0.25) is 0 Å². The number of carbonyl (C=O) groups is 1. The molecule has 8 heteroatoms. The topological polar surface area (TPSA) is 76.3 Å². The van der Waals surface area contributed by atoms with E-state index in [1.807, 2.05) is 0 Å². The number of ether oxygens (including phenoxy) is 2. The molecular formula is C19H23N3O4S. The fourth-order valence-electron chi connectivity index (χ4n) is 2.09. The molecule has 0 aliphatic rings. The Bertz CT molecular complexity index is 790. The highest BCUT2D eigenvalue weighted by Crippen LogP contribution is 2.28. The summed E-state index contributed by atoms with van der Waals surface area (Å²) in [6.45, 7) is 2.94. The van der Waals surface area contributed by atoms with E-state index in [0.717, 1.165) is 24.9 Å². The molecule has 0 bridgehead atoms. The first-order valence-corrected chi connectivity index (χ1v) is 8.95. The molecule has 1 heterocycles. The van der Waals surface area contributed by atoms with E-state index >= 15 is 0 Å². The first-order chi connectivity index (χ1) is 13.0. The summed E-state index contributed by atoms with van der Waals surface area (Å²) < 4.78 is 15.6. The zero-order valence-electron chi connectivity index (χ0n) is 15.6. The zero-order valence-corrected chi connectivity index (χ0v) is 16.4. The van der Waals surface area contributed by atoms with Crippen LogP contribution in [0.5, 0.6) is 11.5 Å². The second kappa shape index (κ2) is 10.3. The summed E-state index contributed by atoms with van der Waals surface area (Å²) in [6, 6.07) is 8.27. The number of carbonyl (C=O) groups excluding carboxylic acids is 1. The molecule has 2 rings (SSSR count). The minimum atomic E-state index is -0.594. The lowest BCUT2D eigenvalue weighted by atomic mass is 10.2. The molecule has 1 N–H and O–H groups in total. The standard InChI is InChI=1S/C19H23N3O4S/c1-4-5-10-20-19(27)22(2)21-13-14-8-9-15(17(12-14)24-3)26-18(23)16-7-6-11-25-16/h6-9,11-13H,4-5,10H2,1-3H3,(H,20,27)/b21-13+. The number of nitrogens with one attached hydrogen (secondary N) is 1. The molecule has 27 heavy (non-hydrogen) atoms. The average Bonchev–Trinajstić information content (AvgIpc) is 3.21. The van der Waals surface area contributed by atoms with Crippen LogP contribution in [-0.2, 0) is 0 Å². The third kappa shape index (κ3) is 6.10. The highest BCUT2D eigenvalue weighted by molar-refractivity contribution is 7.80. The highest BCUT2D eigenvalue weighted by Gasteiger charge is 2.14. The second-order valence-corrected chi connectivity index (χ2v) is 6.02. The Morgan fingerprint density at radius 3 is 2.85 bits per heavy atom. The van der Waals surface area contributed by atoms with Gasteiger partial charge in [0.15, 0.2) is 16.6 Å². The van der Waals surface area contributed by atoms with Gasteiger partial charge in [0, 0.05) is 13.6 Å². The van der Waals surface area contributed by atoms with Crippen LogP contribution in [0.15, 0.2) is 46.1 Å². The van der Waals surface area contributed by atoms with E-state index in [-0.39, 0.29) is 5.76 Å². The van der Waals surface area contributed by atoms with Gasteiger partial charge in [-0.25, -0.2) is 9.80 Å². The first-order valence-electron chi connectivity index (χ1n) is 8.54. The summed E-state index contributed by atoms with van der Waals surface area (Å²) in [5.41, 5.74) is 0.771. The molecule has 0 saturated carbocycles. The van der Waals surface area contributed by atoms with Crippen LogP contribution in [0.4, 0.5) is 0 Å². The number of rotatable bonds is 8. The average molecular weight is 389 g/mol. The van der Waals surface area contributed by atoms with Crippen molar-refractivity contribution in [3.05, 3.63) is 47.9 Å². The lowest BCUT2D eigenvalue weighted by Gasteiger charge is -2.15. The van der Waals surface area contributed by atoms with Gasteiger partial charge >= 0.3 is 5.97 Å². The monoisotopic (exact) mass is 389 g/mol. The predicted octanol–water partition coefficient (Wildman–Crippen LogP) is 3.45. The number of unbranched alkanes of at least 4 members (excludes halogenated alkanes) is 1. The van der Waals surface area contributed by atoms with E-state index in [1.165, 1.54) is 19.4 Å². The maximum Gasteiger partial charge on any atom is 0.379 e. The fraction of sp³-hybridized carbons (Fsp3) is 0.316. The Labute approximate surface area is 163 Å². The van der Waals surface area contributed by atoms with Crippen molar-refractivity contribution in [2.75, 3.05) is 20.7 Å². The van der Waals surface area contributed by atoms with Crippen LogP contribution >= 0.6 is 12.2 Å². The summed E-state index contributed by atoms with van der Waals surface area (Å²) in [4.78, 5) is 12.0. The molecule has 0 fully saturated rings. The third-order valence-corrected chi connectivity index (χ3v) is 4.00. The largest absolute Gasteiger partial charge is 0.493 e. The van der Waals surface area contributed by atoms with Crippen LogP contribution in [-0.4, -0.2) is 43.0 Å². The lowest BCUT2D eigenvalue weighted by molar-refractivity contribution is 0.0696. The first kappa shape index (κ1) is 20.4. The van der Waals surface area contributed by atoms with Gasteiger partial charge in [0.1, 0.15) is 0 Å². The molecule has 2 aromatic rings. The molecule has 0 aliphatic heterocycles. The van der Waals surface area contributed by atoms with Gasteiger partial charge in [-0.15, -0.1) is 0 Å². The van der Waals surface area contributed by atoms with Gasteiger partial charge in [0.2, 0.25) is 5.76 Å². The van der Waals surface area contributed by atoms with Gasteiger partial charge in [-0.05, 0) is 54.5 Å². The Morgan fingerprint density at radius 1 is 1.37 bits per heavy atom. The number of esters is 1. The van der Waals surface area contributed by atoms with Crippen molar-refractivity contribution < 1.29 is 18.7 Å². The number of methoxy groups -OCH3 is 1. The molecule has 0 saturated heterocycles. The number of thiocarbonyl (C=S) groups is 1. The SMILES string of the molecule is CCCCNC(=S)N(C)/N=C/c1ccc(OC(=O)c2ccco2)c(OC)c1. The lowest BCUT2D eigenvalue weighted by Crippen LogP contribution is -2.34. The third-order valence-electron chi connectivity index (χ3n) is 3.59. The predicted molar refractivity (Wildman–Crippen MR) is 108 cm³/mol. The van der Waals surface area contributed by atoms with Crippen LogP contribution in [0.3, 0.4) is 0 Å². The molecular weight excluding hydrogens is 366 g/mol. The molecule has 1 aromatic carbocycles. The highest BCUT2D eigenvalue weighted by atomic mass is 32.1. The minimum absolute atomic E-state index is 0.119. The van der Waals surface area contributed by atoms with Crippen molar-refractivity contribution in [1.82, 2.24) is 10.3 Å². The number of nitrogens with zero attached hydrogens (tertiary/aromatic N) is 2. The van der Waals surface area contributed by atoms with Gasteiger partial charge in [0.25, 0.3) is 0 Å². The van der Waals surface area contributed by atoms with Gasteiger partial charge in [-0.2, -0.15) is 5.10 Å². The summed E-state index contributed by atoms with van der Waals surface area (Å²) in [5, 5.41) is 9.58. The number of benzene rings is 1.